The third kappa shape index (κ3) is 4.00. The fraction of sp³-hybridized carbons (Fsp3) is 0.500. The Balaban J connectivity index is 2.14. The minimum Gasteiger partial charge on any atom is -0.480 e. The Labute approximate surface area is 141 Å². The number of hydrogen-bond acceptors (Lipinski definition) is 5. The molecule has 0 saturated carbocycles. The number of carbonyl (C=O) groups is 2. The van der Waals surface area contributed by atoms with E-state index in [1.54, 1.807) is 4.90 Å². The number of nitrogens with zero attached hydrogens (tertiary/aromatic N) is 1. The van der Waals surface area contributed by atoms with Crippen molar-refractivity contribution in [2.45, 2.75) is 50.2 Å². The van der Waals surface area contributed by atoms with Crippen LogP contribution in [0.1, 0.15) is 37.6 Å². The van der Waals surface area contributed by atoms with Gasteiger partial charge in [0.25, 0.3) is 0 Å². The molecular formula is C16H22N2O5S. The molecule has 132 valence electrons. The van der Waals surface area contributed by atoms with Gasteiger partial charge >= 0.3 is 5.97 Å². The van der Waals surface area contributed by atoms with Crippen LogP contribution in [-0.2, 0) is 14.8 Å². The van der Waals surface area contributed by atoms with Gasteiger partial charge in [-0.1, -0.05) is 12.1 Å². The number of carbonyl (C=O) groups excluding carboxylic acids is 1. The van der Waals surface area contributed by atoms with Gasteiger partial charge in [0.1, 0.15) is 6.04 Å². The third-order valence-electron chi connectivity index (χ3n) is 4.18. The lowest BCUT2D eigenvalue weighted by Crippen LogP contribution is -2.41. The van der Waals surface area contributed by atoms with Crippen LogP contribution in [-0.4, -0.2) is 54.8 Å². The van der Waals surface area contributed by atoms with Gasteiger partial charge in [0.05, 0.1) is 4.90 Å². The predicted octanol–water partition coefficient (Wildman–Crippen LogP) is 1.10. The third-order valence-corrected chi connectivity index (χ3v) is 5.72. The molecule has 1 saturated heterocycles. The van der Waals surface area contributed by atoms with Crippen LogP contribution in [0.3, 0.4) is 0 Å². The maximum absolute atomic E-state index is 12.5. The molecule has 7 nitrogen and oxygen atoms in total. The second-order valence-electron chi connectivity index (χ2n) is 6.28. The van der Waals surface area contributed by atoms with Crippen molar-refractivity contribution in [3.8, 4) is 0 Å². The molecule has 2 atom stereocenters. The molecule has 1 fully saturated rings. The molecule has 0 bridgehead atoms. The number of nitrogens with one attached hydrogen (secondary N) is 1. The number of sulfonamides is 1. The van der Waals surface area contributed by atoms with Crippen molar-refractivity contribution in [3.05, 3.63) is 29.8 Å². The summed E-state index contributed by atoms with van der Waals surface area (Å²) in [6.07, 6.45) is 0.221. The van der Waals surface area contributed by atoms with Gasteiger partial charge in [-0.05, 0) is 39.3 Å². The highest BCUT2D eigenvalue weighted by molar-refractivity contribution is 7.89. The van der Waals surface area contributed by atoms with Crippen molar-refractivity contribution in [1.29, 1.82) is 0 Å². The van der Waals surface area contributed by atoms with Gasteiger partial charge in [0.15, 0.2) is 5.78 Å². The molecule has 0 radical (unpaired) electrons. The molecular weight excluding hydrogens is 332 g/mol. The van der Waals surface area contributed by atoms with Crippen molar-refractivity contribution < 1.29 is 23.1 Å². The van der Waals surface area contributed by atoms with Crippen LogP contribution in [0.4, 0.5) is 0 Å². The zero-order valence-corrected chi connectivity index (χ0v) is 14.7. The predicted molar refractivity (Wildman–Crippen MR) is 88.4 cm³/mol. The van der Waals surface area contributed by atoms with Gasteiger partial charge in [-0.2, -0.15) is 0 Å². The number of hydrogen-bond donors (Lipinski definition) is 2. The highest BCUT2D eigenvalue weighted by Gasteiger charge is 2.39. The van der Waals surface area contributed by atoms with Crippen molar-refractivity contribution in [2.24, 2.45) is 0 Å². The van der Waals surface area contributed by atoms with E-state index in [1.807, 2.05) is 13.8 Å². The first kappa shape index (κ1) is 18.6. The van der Waals surface area contributed by atoms with Gasteiger partial charge < -0.3 is 5.11 Å². The molecule has 24 heavy (non-hydrogen) atoms. The smallest absolute Gasteiger partial charge is 0.320 e. The highest BCUT2D eigenvalue weighted by atomic mass is 32.2. The molecule has 2 rings (SSSR count). The summed E-state index contributed by atoms with van der Waals surface area (Å²) in [6, 6.07) is 4.53. The summed E-state index contributed by atoms with van der Waals surface area (Å²) >= 11 is 0. The van der Waals surface area contributed by atoms with E-state index in [9.17, 15) is 23.1 Å². The maximum atomic E-state index is 12.5. The molecule has 0 amide bonds. The number of carboxylic acids is 1. The van der Waals surface area contributed by atoms with Gasteiger partial charge in [0.2, 0.25) is 10.0 Å². The van der Waals surface area contributed by atoms with Gasteiger partial charge in [-0.15, -0.1) is 0 Å². The second-order valence-corrected chi connectivity index (χ2v) is 7.99. The van der Waals surface area contributed by atoms with E-state index in [1.165, 1.54) is 31.2 Å². The van der Waals surface area contributed by atoms with Crippen molar-refractivity contribution in [1.82, 2.24) is 9.62 Å². The van der Waals surface area contributed by atoms with Crippen LogP contribution >= 0.6 is 0 Å². The number of Topliss-reactive ketones (excluding diaryl/α,β-unsaturated/α-hetero) is 1. The maximum Gasteiger partial charge on any atom is 0.320 e. The largest absolute Gasteiger partial charge is 0.480 e. The fourth-order valence-corrected chi connectivity index (χ4v) is 4.16. The molecule has 1 aliphatic heterocycles. The standard InChI is InChI=1S/C16H22N2O5S/c1-10(2)18-9-13(8-15(18)16(20)21)17-24(22,23)14-6-4-12(5-7-14)11(3)19/h4-7,10,13,15,17H,8-9H2,1-3H3,(H,20,21)/t13-,15+/m1/s1. The van der Waals surface area contributed by atoms with Crippen molar-refractivity contribution in [3.63, 3.8) is 0 Å². The van der Waals surface area contributed by atoms with E-state index in [2.05, 4.69) is 4.72 Å². The van der Waals surface area contributed by atoms with Crippen LogP contribution in [0.2, 0.25) is 0 Å². The number of rotatable bonds is 6. The van der Waals surface area contributed by atoms with Crippen LogP contribution in [0.25, 0.3) is 0 Å². The second kappa shape index (κ2) is 7.00. The zero-order chi connectivity index (χ0) is 18.1. The molecule has 1 aliphatic rings. The Hall–Kier alpha value is -1.77. The number of aliphatic carboxylic acids is 1. The van der Waals surface area contributed by atoms with Crippen LogP contribution in [0.15, 0.2) is 29.2 Å². The molecule has 1 aromatic rings. The summed E-state index contributed by atoms with van der Waals surface area (Å²) in [4.78, 5) is 24.4. The summed E-state index contributed by atoms with van der Waals surface area (Å²) < 4.78 is 27.5. The molecule has 0 aliphatic carbocycles. The molecule has 1 heterocycles. The van der Waals surface area contributed by atoms with E-state index in [0.29, 0.717) is 12.1 Å². The van der Waals surface area contributed by atoms with E-state index in [-0.39, 0.29) is 23.1 Å². The lowest BCUT2D eigenvalue weighted by molar-refractivity contribution is -0.142. The lowest BCUT2D eigenvalue weighted by atomic mass is 10.2. The van der Waals surface area contributed by atoms with E-state index < -0.39 is 28.1 Å². The average Bonchev–Trinajstić information content (AvgIpc) is 2.91. The van der Waals surface area contributed by atoms with Crippen LogP contribution in [0.5, 0.6) is 0 Å². The first-order valence-electron chi connectivity index (χ1n) is 7.73. The molecule has 8 heteroatoms. The normalized spacial score (nSPS) is 22.0. The Morgan fingerprint density at radius 1 is 1.25 bits per heavy atom. The highest BCUT2D eigenvalue weighted by Crippen LogP contribution is 2.22. The number of benzene rings is 1. The zero-order valence-electron chi connectivity index (χ0n) is 13.9. The fourth-order valence-electron chi connectivity index (χ4n) is 2.92. The van der Waals surface area contributed by atoms with Gasteiger partial charge in [-0.25, -0.2) is 13.1 Å². The van der Waals surface area contributed by atoms with E-state index in [0.717, 1.165) is 0 Å². The first-order valence-corrected chi connectivity index (χ1v) is 9.22. The minimum absolute atomic E-state index is 0.00968. The topological polar surface area (TPSA) is 104 Å². The summed E-state index contributed by atoms with van der Waals surface area (Å²) in [5.41, 5.74) is 0.437. The Morgan fingerprint density at radius 3 is 2.25 bits per heavy atom. The number of carboxylic acid groups (broad SMARTS) is 1. The quantitative estimate of drug-likeness (QED) is 0.742. The monoisotopic (exact) mass is 354 g/mol. The number of likely N-dealkylation sites (tertiary alicyclic amines) is 1. The van der Waals surface area contributed by atoms with Crippen LogP contribution < -0.4 is 4.72 Å². The Kier molecular flexibility index (Phi) is 5.42. The van der Waals surface area contributed by atoms with E-state index >= 15 is 0 Å². The summed E-state index contributed by atoms with van der Waals surface area (Å²) in [5, 5.41) is 9.30. The first-order chi connectivity index (χ1) is 11.1. The SMILES string of the molecule is CC(=O)c1ccc(S(=O)(=O)N[C@@H]2C[C@@H](C(=O)O)N(C(C)C)C2)cc1. The molecule has 0 aromatic heterocycles. The number of ketones is 1. The molecule has 0 spiro atoms. The summed E-state index contributed by atoms with van der Waals surface area (Å²) in [7, 11) is -3.77. The van der Waals surface area contributed by atoms with Crippen LogP contribution in [0, 0.1) is 0 Å². The lowest BCUT2D eigenvalue weighted by Gasteiger charge is -2.25. The van der Waals surface area contributed by atoms with Crippen molar-refractivity contribution >= 4 is 21.8 Å². The molecule has 0 unspecified atom stereocenters. The average molecular weight is 354 g/mol. The van der Waals surface area contributed by atoms with Gasteiger partial charge in [-0.3, -0.25) is 14.5 Å². The van der Waals surface area contributed by atoms with E-state index in [4.69, 9.17) is 0 Å². The Morgan fingerprint density at radius 2 is 1.83 bits per heavy atom. The van der Waals surface area contributed by atoms with Gasteiger partial charge in [0, 0.05) is 24.2 Å². The summed E-state index contributed by atoms with van der Waals surface area (Å²) in [5.74, 6) is -1.09. The molecule has 2 N–H and O–H groups in total. The minimum atomic E-state index is -3.77. The molecule has 1 aromatic carbocycles. The van der Waals surface area contributed by atoms with Crippen molar-refractivity contribution in [2.75, 3.05) is 6.54 Å². The Bertz CT molecular complexity index is 727. The summed E-state index contributed by atoms with van der Waals surface area (Å²) in [6.45, 7) is 5.52.